The van der Waals surface area contributed by atoms with Gasteiger partial charge in [0.25, 0.3) is 0 Å². The lowest BCUT2D eigenvalue weighted by molar-refractivity contribution is 0.0532. The van der Waals surface area contributed by atoms with Crippen molar-refractivity contribution in [1.82, 2.24) is 14.9 Å². The number of aromatic nitrogens is 2. The van der Waals surface area contributed by atoms with Gasteiger partial charge in [0.05, 0.1) is 12.8 Å². The van der Waals surface area contributed by atoms with Gasteiger partial charge in [0.1, 0.15) is 10.7 Å². The Hall–Kier alpha value is -2.68. The molecule has 1 aliphatic heterocycles. The maximum atomic E-state index is 12.3. The van der Waals surface area contributed by atoms with E-state index in [9.17, 15) is 9.59 Å². The molecule has 1 aliphatic rings. The van der Waals surface area contributed by atoms with Crippen molar-refractivity contribution < 1.29 is 14.3 Å². The molecule has 1 N–H and O–H groups in total. The third-order valence-electron chi connectivity index (χ3n) is 3.71. The van der Waals surface area contributed by atoms with Gasteiger partial charge in [-0.3, -0.25) is 5.32 Å². The predicted molar refractivity (Wildman–Crippen MR) is 95.1 cm³/mol. The second-order valence-electron chi connectivity index (χ2n) is 5.35. The van der Waals surface area contributed by atoms with Crippen LogP contribution in [0.2, 0.25) is 0 Å². The molecule has 0 saturated carbocycles. The van der Waals surface area contributed by atoms with E-state index in [1.165, 1.54) is 17.5 Å². The zero-order chi connectivity index (χ0) is 17.6. The normalized spacial score (nSPS) is 14.3. The highest BCUT2D eigenvalue weighted by Crippen LogP contribution is 2.24. The van der Waals surface area contributed by atoms with Crippen LogP contribution in [0.15, 0.2) is 30.6 Å². The average Bonchev–Trinajstić information content (AvgIpc) is 3.13. The van der Waals surface area contributed by atoms with Crippen LogP contribution in [0.5, 0.6) is 0 Å². The molecule has 132 valence electrons. The Morgan fingerprint density at radius 2 is 2.04 bits per heavy atom. The Kier molecular flexibility index (Phi) is 5.44. The number of esters is 1. The van der Waals surface area contributed by atoms with Gasteiger partial charge in [-0.05, 0) is 19.1 Å². The van der Waals surface area contributed by atoms with E-state index < -0.39 is 0 Å². The van der Waals surface area contributed by atoms with Crippen molar-refractivity contribution in [1.29, 1.82) is 0 Å². The molecule has 3 heterocycles. The van der Waals surface area contributed by atoms with Crippen LogP contribution in [-0.4, -0.2) is 59.7 Å². The fraction of sp³-hybridized carbons (Fsp3) is 0.375. The van der Waals surface area contributed by atoms with Gasteiger partial charge in [0.15, 0.2) is 5.13 Å². The minimum absolute atomic E-state index is 0.162. The van der Waals surface area contributed by atoms with Crippen molar-refractivity contribution in [3.05, 3.63) is 35.5 Å². The number of piperazine rings is 1. The summed E-state index contributed by atoms with van der Waals surface area (Å²) in [6.07, 6.45) is 3.18. The molecule has 1 saturated heterocycles. The number of hydrogen-bond acceptors (Lipinski definition) is 7. The van der Waals surface area contributed by atoms with Crippen molar-refractivity contribution in [3.8, 4) is 0 Å². The molecule has 0 aliphatic carbocycles. The number of nitrogens with zero attached hydrogens (tertiary/aromatic N) is 4. The Labute approximate surface area is 149 Å². The Bertz CT molecular complexity index is 728. The van der Waals surface area contributed by atoms with Crippen molar-refractivity contribution in [2.75, 3.05) is 43.0 Å². The predicted octanol–water partition coefficient (Wildman–Crippen LogP) is 2.07. The number of carbonyl (C=O) groups excluding carboxylic acids is 2. The minimum atomic E-state index is -0.348. The molecule has 9 heteroatoms. The lowest BCUT2D eigenvalue weighted by Crippen LogP contribution is -2.50. The fourth-order valence-electron chi connectivity index (χ4n) is 2.43. The standard InChI is InChI=1S/C16H19N5O3S/c1-2-24-14(22)12-11-18-16(25-12)21-9-7-20(8-10-21)15(23)19-13-5-3-4-6-17-13/h3-6,11H,2,7-10H2,1H3,(H,17,19,23). The molecule has 0 aromatic carbocycles. The van der Waals surface area contributed by atoms with Gasteiger partial charge < -0.3 is 14.5 Å². The van der Waals surface area contributed by atoms with E-state index in [1.54, 1.807) is 30.2 Å². The van der Waals surface area contributed by atoms with Crippen LogP contribution in [-0.2, 0) is 4.74 Å². The average molecular weight is 361 g/mol. The van der Waals surface area contributed by atoms with E-state index in [0.29, 0.717) is 43.5 Å². The molecule has 2 aromatic rings. The van der Waals surface area contributed by atoms with E-state index in [2.05, 4.69) is 20.2 Å². The zero-order valence-corrected chi connectivity index (χ0v) is 14.7. The third kappa shape index (κ3) is 4.24. The van der Waals surface area contributed by atoms with Gasteiger partial charge in [0.2, 0.25) is 0 Å². The van der Waals surface area contributed by atoms with Crippen molar-refractivity contribution >= 4 is 34.3 Å². The highest BCUT2D eigenvalue weighted by Gasteiger charge is 2.24. The first kappa shape index (κ1) is 17.2. The molecule has 1 fully saturated rings. The van der Waals surface area contributed by atoms with Gasteiger partial charge in [-0.2, -0.15) is 0 Å². The van der Waals surface area contributed by atoms with Crippen molar-refractivity contribution in [2.24, 2.45) is 0 Å². The highest BCUT2D eigenvalue weighted by molar-refractivity contribution is 7.17. The SMILES string of the molecule is CCOC(=O)c1cnc(N2CCN(C(=O)Nc3ccccn3)CC2)s1. The summed E-state index contributed by atoms with van der Waals surface area (Å²) in [6.45, 7) is 4.59. The molecular weight excluding hydrogens is 342 g/mol. The van der Waals surface area contributed by atoms with Crippen LogP contribution in [0, 0.1) is 0 Å². The minimum Gasteiger partial charge on any atom is -0.462 e. The molecule has 0 unspecified atom stereocenters. The largest absolute Gasteiger partial charge is 0.462 e. The zero-order valence-electron chi connectivity index (χ0n) is 13.8. The maximum Gasteiger partial charge on any atom is 0.350 e. The molecule has 3 rings (SSSR count). The number of anilines is 2. The van der Waals surface area contributed by atoms with Crippen LogP contribution in [0.4, 0.5) is 15.7 Å². The Balaban J connectivity index is 1.53. The molecule has 0 radical (unpaired) electrons. The maximum absolute atomic E-state index is 12.3. The highest BCUT2D eigenvalue weighted by atomic mass is 32.1. The van der Waals surface area contributed by atoms with Gasteiger partial charge in [-0.1, -0.05) is 17.4 Å². The summed E-state index contributed by atoms with van der Waals surface area (Å²) < 4.78 is 4.98. The lowest BCUT2D eigenvalue weighted by atomic mass is 10.3. The number of thiazole rings is 1. The van der Waals surface area contributed by atoms with Gasteiger partial charge >= 0.3 is 12.0 Å². The van der Waals surface area contributed by atoms with E-state index in [4.69, 9.17) is 4.74 Å². The molecule has 0 spiro atoms. The molecule has 0 atom stereocenters. The van der Waals surface area contributed by atoms with E-state index in [1.807, 2.05) is 6.07 Å². The summed E-state index contributed by atoms with van der Waals surface area (Å²) in [4.78, 5) is 36.7. The van der Waals surface area contributed by atoms with Crippen LogP contribution >= 0.6 is 11.3 Å². The van der Waals surface area contributed by atoms with Gasteiger partial charge in [-0.15, -0.1) is 0 Å². The number of rotatable bonds is 4. The smallest absolute Gasteiger partial charge is 0.350 e. The van der Waals surface area contributed by atoms with Crippen LogP contribution in [0.1, 0.15) is 16.6 Å². The molecule has 2 amide bonds. The summed E-state index contributed by atoms with van der Waals surface area (Å²) >= 11 is 1.31. The second kappa shape index (κ2) is 7.93. The quantitative estimate of drug-likeness (QED) is 0.839. The van der Waals surface area contributed by atoms with Gasteiger partial charge in [0, 0.05) is 32.4 Å². The number of hydrogen-bond donors (Lipinski definition) is 1. The first-order valence-electron chi connectivity index (χ1n) is 8.02. The van der Waals surface area contributed by atoms with E-state index in [-0.39, 0.29) is 12.0 Å². The van der Waals surface area contributed by atoms with Crippen LogP contribution < -0.4 is 10.2 Å². The lowest BCUT2D eigenvalue weighted by Gasteiger charge is -2.34. The topological polar surface area (TPSA) is 87.7 Å². The van der Waals surface area contributed by atoms with Gasteiger partial charge in [-0.25, -0.2) is 19.6 Å². The first-order valence-corrected chi connectivity index (χ1v) is 8.84. The molecule has 8 nitrogen and oxygen atoms in total. The van der Waals surface area contributed by atoms with E-state index >= 15 is 0 Å². The molecule has 25 heavy (non-hydrogen) atoms. The Morgan fingerprint density at radius 1 is 1.24 bits per heavy atom. The molecule has 0 bridgehead atoms. The number of carbonyl (C=O) groups is 2. The van der Waals surface area contributed by atoms with Crippen molar-refractivity contribution in [2.45, 2.75) is 6.92 Å². The number of pyridine rings is 1. The van der Waals surface area contributed by atoms with Crippen LogP contribution in [0.3, 0.4) is 0 Å². The summed E-state index contributed by atoms with van der Waals surface area (Å²) in [7, 11) is 0. The van der Waals surface area contributed by atoms with Crippen LogP contribution in [0.25, 0.3) is 0 Å². The summed E-state index contributed by atoms with van der Waals surface area (Å²) in [5.74, 6) is 0.188. The number of nitrogens with one attached hydrogen (secondary N) is 1. The molecule has 2 aromatic heterocycles. The number of urea groups is 1. The van der Waals surface area contributed by atoms with E-state index in [0.717, 1.165) is 5.13 Å². The molecular formula is C16H19N5O3S. The second-order valence-corrected chi connectivity index (χ2v) is 6.36. The first-order chi connectivity index (χ1) is 12.2. The Morgan fingerprint density at radius 3 is 2.72 bits per heavy atom. The summed E-state index contributed by atoms with van der Waals surface area (Å²) in [6, 6.07) is 5.21. The fourth-order valence-corrected chi connectivity index (χ4v) is 3.30. The number of amides is 2. The third-order valence-corrected chi connectivity index (χ3v) is 4.75. The monoisotopic (exact) mass is 361 g/mol. The van der Waals surface area contributed by atoms with Crippen molar-refractivity contribution in [3.63, 3.8) is 0 Å². The number of ether oxygens (including phenoxy) is 1. The summed E-state index contributed by atoms with van der Waals surface area (Å²) in [5.41, 5.74) is 0. The summed E-state index contributed by atoms with van der Waals surface area (Å²) in [5, 5.41) is 3.55.